The van der Waals surface area contributed by atoms with Gasteiger partial charge in [-0.1, -0.05) is 0 Å². The molecule has 7 heteroatoms. The second kappa shape index (κ2) is 6.55. The maximum absolute atomic E-state index is 13.6. The topological polar surface area (TPSA) is 84.1 Å². The molecule has 1 saturated heterocycles. The first-order valence-electron chi connectivity index (χ1n) is 8.90. The lowest BCUT2D eigenvalue weighted by Crippen LogP contribution is -2.52. The molecule has 2 bridgehead atoms. The van der Waals surface area contributed by atoms with Crippen LogP contribution in [0.4, 0.5) is 16.0 Å². The van der Waals surface area contributed by atoms with Crippen molar-refractivity contribution in [1.29, 1.82) is 0 Å². The molecule has 1 amide bonds. The molecule has 1 aromatic carbocycles. The number of rotatable bonds is 3. The molecule has 2 fully saturated rings. The molecule has 1 aromatic heterocycles. The minimum Gasteiger partial charge on any atom is -0.384 e. The Hall–Kier alpha value is -2.70. The lowest BCUT2D eigenvalue weighted by atomic mass is 9.91. The number of nitrogens with one attached hydrogen (secondary N) is 1. The number of halogens is 1. The van der Waals surface area contributed by atoms with E-state index >= 15 is 0 Å². The molecule has 2 aromatic rings. The average Bonchev–Trinajstić information content (AvgIpc) is 2.82. The Morgan fingerprint density at radius 1 is 1.19 bits per heavy atom. The van der Waals surface area contributed by atoms with Crippen molar-refractivity contribution in [2.45, 2.75) is 25.8 Å². The van der Waals surface area contributed by atoms with Gasteiger partial charge in [-0.2, -0.15) is 0 Å². The number of piperidine rings is 1. The predicted molar refractivity (Wildman–Crippen MR) is 97.3 cm³/mol. The summed E-state index contributed by atoms with van der Waals surface area (Å²) in [6.45, 7) is 3.43. The quantitative estimate of drug-likeness (QED) is 0.881. The van der Waals surface area contributed by atoms with Crippen LogP contribution in [0.1, 0.15) is 28.8 Å². The molecule has 1 aliphatic heterocycles. The van der Waals surface area contributed by atoms with Crippen LogP contribution in [-0.4, -0.2) is 35.0 Å². The van der Waals surface area contributed by atoms with Crippen molar-refractivity contribution in [1.82, 2.24) is 15.3 Å². The molecular weight excluding hydrogens is 333 g/mol. The number of carbonyl (C=O) groups excluding carboxylic acids is 1. The van der Waals surface area contributed by atoms with Crippen LogP contribution in [0, 0.1) is 24.6 Å². The number of nitrogens with zero attached hydrogens (tertiary/aromatic N) is 3. The van der Waals surface area contributed by atoms with E-state index in [2.05, 4.69) is 20.2 Å². The van der Waals surface area contributed by atoms with Crippen LogP contribution in [-0.2, 0) is 0 Å². The summed E-state index contributed by atoms with van der Waals surface area (Å²) in [4.78, 5) is 23.1. The highest BCUT2D eigenvalue weighted by molar-refractivity contribution is 5.94. The SMILES string of the molecule is Cc1cc(F)cc(C(=O)NC2[C@@H]3CC[C@H]2CN(c2cc(N)ncn2)C3)c1. The van der Waals surface area contributed by atoms with Crippen LogP contribution in [0.2, 0.25) is 0 Å². The highest BCUT2D eigenvalue weighted by atomic mass is 19.1. The third kappa shape index (κ3) is 3.21. The van der Waals surface area contributed by atoms with Crippen LogP contribution in [0.3, 0.4) is 0 Å². The predicted octanol–water partition coefficient (Wildman–Crippen LogP) is 2.15. The summed E-state index contributed by atoms with van der Waals surface area (Å²) in [5, 5.41) is 3.15. The van der Waals surface area contributed by atoms with Crippen LogP contribution < -0.4 is 16.0 Å². The number of nitrogens with two attached hydrogens (primary N) is 1. The summed E-state index contributed by atoms with van der Waals surface area (Å²) < 4.78 is 13.6. The molecule has 0 spiro atoms. The minimum absolute atomic E-state index is 0.113. The van der Waals surface area contributed by atoms with Gasteiger partial charge in [0.25, 0.3) is 5.91 Å². The standard InChI is InChI=1S/C19H22FN5O/c1-11-4-14(6-15(20)5-11)19(26)24-18-12-2-3-13(18)9-25(8-12)17-7-16(21)22-10-23-17/h4-7,10,12-13,18H,2-3,8-9H2,1H3,(H,24,26)(H2,21,22,23)/t12-,13+,18?. The first-order valence-corrected chi connectivity index (χ1v) is 8.90. The van der Waals surface area contributed by atoms with Crippen molar-refractivity contribution in [2.24, 2.45) is 11.8 Å². The molecule has 6 nitrogen and oxygen atoms in total. The molecule has 3 atom stereocenters. The van der Waals surface area contributed by atoms with E-state index in [9.17, 15) is 9.18 Å². The summed E-state index contributed by atoms with van der Waals surface area (Å²) in [5.74, 6) is 1.41. The van der Waals surface area contributed by atoms with Gasteiger partial charge in [-0.15, -0.1) is 0 Å². The number of aryl methyl sites for hydroxylation is 1. The van der Waals surface area contributed by atoms with E-state index in [1.54, 1.807) is 19.1 Å². The number of hydrogen-bond donors (Lipinski definition) is 2. The molecular formula is C19H22FN5O. The van der Waals surface area contributed by atoms with Gasteiger partial charge in [-0.05, 0) is 55.4 Å². The molecule has 2 heterocycles. The number of carbonyl (C=O) groups is 1. The Balaban J connectivity index is 1.47. The van der Waals surface area contributed by atoms with Crippen molar-refractivity contribution in [3.63, 3.8) is 0 Å². The van der Waals surface area contributed by atoms with Crippen LogP contribution >= 0.6 is 0 Å². The van der Waals surface area contributed by atoms with Gasteiger partial charge >= 0.3 is 0 Å². The highest BCUT2D eigenvalue weighted by Gasteiger charge is 2.43. The molecule has 136 valence electrons. The summed E-state index contributed by atoms with van der Waals surface area (Å²) in [5.41, 5.74) is 6.89. The lowest BCUT2D eigenvalue weighted by molar-refractivity contribution is 0.0909. The largest absolute Gasteiger partial charge is 0.384 e. The Morgan fingerprint density at radius 2 is 1.92 bits per heavy atom. The summed E-state index contributed by atoms with van der Waals surface area (Å²) >= 11 is 0. The van der Waals surface area contributed by atoms with Gasteiger partial charge in [0.15, 0.2) is 0 Å². The number of nitrogen functional groups attached to an aromatic ring is 1. The van der Waals surface area contributed by atoms with Crippen molar-refractivity contribution in [3.8, 4) is 0 Å². The fraction of sp³-hybridized carbons (Fsp3) is 0.421. The van der Waals surface area contributed by atoms with Crippen LogP contribution in [0.5, 0.6) is 0 Å². The van der Waals surface area contributed by atoms with Gasteiger partial charge in [-0.25, -0.2) is 14.4 Å². The van der Waals surface area contributed by atoms with Crippen LogP contribution in [0.25, 0.3) is 0 Å². The van der Waals surface area contributed by atoms with E-state index in [0.717, 1.165) is 37.3 Å². The summed E-state index contributed by atoms with van der Waals surface area (Å²) in [6.07, 6.45) is 3.61. The number of amides is 1. The number of fused-ring (bicyclic) bond motifs is 2. The molecule has 1 unspecified atom stereocenters. The second-order valence-corrected chi connectivity index (χ2v) is 7.32. The Labute approximate surface area is 151 Å². The Kier molecular flexibility index (Phi) is 4.22. The van der Waals surface area contributed by atoms with Crippen molar-refractivity contribution in [3.05, 3.63) is 47.5 Å². The molecule has 3 N–H and O–H groups in total. The van der Waals surface area contributed by atoms with Crippen molar-refractivity contribution >= 4 is 17.5 Å². The Bertz CT molecular complexity index is 808. The van der Waals surface area contributed by atoms with Gasteiger partial charge < -0.3 is 16.0 Å². The number of anilines is 2. The van der Waals surface area contributed by atoms with Gasteiger partial charge in [0.2, 0.25) is 0 Å². The smallest absolute Gasteiger partial charge is 0.251 e. The van der Waals surface area contributed by atoms with E-state index in [1.807, 2.05) is 0 Å². The molecule has 26 heavy (non-hydrogen) atoms. The van der Waals surface area contributed by atoms with E-state index in [0.29, 0.717) is 23.2 Å². The van der Waals surface area contributed by atoms with Crippen molar-refractivity contribution < 1.29 is 9.18 Å². The second-order valence-electron chi connectivity index (χ2n) is 7.32. The molecule has 0 radical (unpaired) electrons. The fourth-order valence-corrected chi connectivity index (χ4v) is 4.28. The molecule has 4 rings (SSSR count). The van der Waals surface area contributed by atoms with E-state index < -0.39 is 0 Å². The minimum atomic E-state index is -0.380. The maximum atomic E-state index is 13.6. The zero-order chi connectivity index (χ0) is 18.3. The van der Waals surface area contributed by atoms with E-state index in [1.165, 1.54) is 18.5 Å². The van der Waals surface area contributed by atoms with Crippen molar-refractivity contribution in [2.75, 3.05) is 23.7 Å². The molecule has 2 aliphatic rings. The number of benzene rings is 1. The van der Waals surface area contributed by atoms with Gasteiger partial charge in [0.1, 0.15) is 23.8 Å². The average molecular weight is 355 g/mol. The zero-order valence-corrected chi connectivity index (χ0v) is 14.7. The third-order valence-corrected chi connectivity index (χ3v) is 5.43. The van der Waals surface area contributed by atoms with Gasteiger partial charge in [0, 0.05) is 30.8 Å². The summed E-state index contributed by atoms with van der Waals surface area (Å²) in [7, 11) is 0. The van der Waals surface area contributed by atoms with E-state index in [4.69, 9.17) is 5.73 Å². The highest BCUT2D eigenvalue weighted by Crippen LogP contribution is 2.38. The van der Waals surface area contributed by atoms with Gasteiger partial charge in [0.05, 0.1) is 0 Å². The third-order valence-electron chi connectivity index (χ3n) is 5.43. The first kappa shape index (κ1) is 16.8. The maximum Gasteiger partial charge on any atom is 0.251 e. The zero-order valence-electron chi connectivity index (χ0n) is 14.7. The molecule has 1 aliphatic carbocycles. The summed E-state index contributed by atoms with van der Waals surface area (Å²) in [6, 6.07) is 6.34. The fourth-order valence-electron chi connectivity index (χ4n) is 4.28. The van der Waals surface area contributed by atoms with E-state index in [-0.39, 0.29) is 17.8 Å². The normalized spacial score (nSPS) is 24.5. The molecule has 1 saturated carbocycles. The number of hydrogen-bond acceptors (Lipinski definition) is 5. The van der Waals surface area contributed by atoms with Gasteiger partial charge in [-0.3, -0.25) is 4.79 Å². The first-order chi connectivity index (χ1) is 12.5. The number of aromatic nitrogens is 2. The Morgan fingerprint density at radius 3 is 2.58 bits per heavy atom. The monoisotopic (exact) mass is 355 g/mol. The lowest BCUT2D eigenvalue weighted by Gasteiger charge is -2.39. The van der Waals surface area contributed by atoms with Crippen LogP contribution in [0.15, 0.2) is 30.6 Å².